The van der Waals surface area contributed by atoms with Crippen molar-refractivity contribution < 1.29 is 4.79 Å². The lowest BCUT2D eigenvalue weighted by atomic mass is 9.97. The molecule has 162 valence electrons. The maximum Gasteiger partial charge on any atom is 0.266 e. The van der Waals surface area contributed by atoms with E-state index in [9.17, 15) is 4.79 Å². The Hall–Kier alpha value is -2.87. The molecule has 0 aromatic carbocycles. The second kappa shape index (κ2) is 9.09. The average Bonchev–Trinajstić information content (AvgIpc) is 3.41. The summed E-state index contributed by atoms with van der Waals surface area (Å²) in [6.07, 6.45) is 9.22. The van der Waals surface area contributed by atoms with Crippen molar-refractivity contribution in [3.05, 3.63) is 52.3 Å². The van der Waals surface area contributed by atoms with E-state index < -0.39 is 0 Å². The van der Waals surface area contributed by atoms with Gasteiger partial charge in [-0.3, -0.25) is 9.78 Å². The van der Waals surface area contributed by atoms with Crippen molar-refractivity contribution in [1.82, 2.24) is 24.8 Å². The van der Waals surface area contributed by atoms with Crippen LogP contribution in [0.3, 0.4) is 0 Å². The van der Waals surface area contributed by atoms with Crippen LogP contribution in [0.5, 0.6) is 0 Å². The average molecular weight is 437 g/mol. The first kappa shape index (κ1) is 21.4. The maximum absolute atomic E-state index is 13.5. The van der Waals surface area contributed by atoms with Crippen LogP contribution in [0.4, 0.5) is 5.13 Å². The van der Waals surface area contributed by atoms with Crippen LogP contribution in [0.15, 0.2) is 24.7 Å². The number of aromatic nitrogens is 4. The molecule has 31 heavy (non-hydrogen) atoms. The van der Waals surface area contributed by atoms with Crippen LogP contribution in [0.1, 0.15) is 64.7 Å². The van der Waals surface area contributed by atoms with Crippen molar-refractivity contribution in [2.75, 3.05) is 18.9 Å². The van der Waals surface area contributed by atoms with E-state index in [1.807, 2.05) is 44.3 Å². The van der Waals surface area contributed by atoms with Crippen molar-refractivity contribution in [3.8, 4) is 11.1 Å². The number of thiazole rings is 1. The van der Waals surface area contributed by atoms with Gasteiger partial charge in [0.1, 0.15) is 10.7 Å². The zero-order valence-corrected chi connectivity index (χ0v) is 19.3. The molecule has 0 saturated carbocycles. The molecule has 3 aromatic heterocycles. The van der Waals surface area contributed by atoms with Gasteiger partial charge in [0.05, 0.1) is 17.4 Å². The number of likely N-dealkylation sites (tertiary alicyclic amines) is 1. The summed E-state index contributed by atoms with van der Waals surface area (Å²) >= 11 is 1.41. The number of rotatable bonds is 6. The third-order valence-electron chi connectivity index (χ3n) is 5.69. The van der Waals surface area contributed by atoms with E-state index in [2.05, 4.69) is 27.2 Å². The number of aryl methyl sites for hydroxylation is 3. The van der Waals surface area contributed by atoms with E-state index in [0.29, 0.717) is 4.88 Å². The first-order valence-corrected chi connectivity index (χ1v) is 11.6. The van der Waals surface area contributed by atoms with Crippen molar-refractivity contribution in [3.63, 3.8) is 0 Å². The van der Waals surface area contributed by atoms with E-state index >= 15 is 0 Å². The second-order valence-corrected chi connectivity index (χ2v) is 8.86. The number of carbonyl (C=O) groups is 1. The van der Waals surface area contributed by atoms with Crippen LogP contribution >= 0.6 is 11.3 Å². The number of nitrogens with zero attached hydrogens (tertiary/aromatic N) is 5. The number of hydrogen-bond acceptors (Lipinski definition) is 7. The number of pyridine rings is 1. The molecule has 0 bridgehead atoms. The monoisotopic (exact) mass is 436 g/mol. The highest BCUT2D eigenvalue weighted by Gasteiger charge is 2.35. The minimum absolute atomic E-state index is 0.0343. The van der Waals surface area contributed by atoms with Gasteiger partial charge in [-0.25, -0.2) is 15.0 Å². The summed E-state index contributed by atoms with van der Waals surface area (Å²) in [5.74, 6) is 0.866. The maximum atomic E-state index is 13.5. The molecule has 0 spiro atoms. The van der Waals surface area contributed by atoms with Crippen molar-refractivity contribution >= 4 is 22.4 Å². The SMILES string of the molecule is CCCc1ncc(-c2ccncc2C)c([C@H]2CCCN2C(=O)c2sc(NC)nc2C)n1. The van der Waals surface area contributed by atoms with E-state index in [1.54, 1.807) is 6.20 Å². The largest absolute Gasteiger partial charge is 0.365 e. The summed E-state index contributed by atoms with van der Waals surface area (Å²) in [6.45, 7) is 6.79. The third-order valence-corrected chi connectivity index (χ3v) is 6.85. The molecular formula is C23H28N6OS. The minimum atomic E-state index is -0.0757. The molecule has 8 heteroatoms. The Kier molecular flexibility index (Phi) is 6.27. The first-order chi connectivity index (χ1) is 15.0. The van der Waals surface area contributed by atoms with Crippen LogP contribution in [0, 0.1) is 13.8 Å². The summed E-state index contributed by atoms with van der Waals surface area (Å²) in [5, 5.41) is 3.81. The normalized spacial score (nSPS) is 16.0. The first-order valence-electron chi connectivity index (χ1n) is 10.8. The van der Waals surface area contributed by atoms with Gasteiger partial charge < -0.3 is 10.2 Å². The molecular weight excluding hydrogens is 408 g/mol. The van der Waals surface area contributed by atoms with E-state index in [0.717, 1.165) is 71.3 Å². The van der Waals surface area contributed by atoms with Gasteiger partial charge in [-0.2, -0.15) is 0 Å². The summed E-state index contributed by atoms with van der Waals surface area (Å²) in [7, 11) is 1.82. The molecule has 3 aromatic rings. The Morgan fingerprint density at radius 3 is 2.81 bits per heavy atom. The summed E-state index contributed by atoms with van der Waals surface area (Å²) in [6, 6.07) is 1.93. The molecule has 0 aliphatic carbocycles. The zero-order chi connectivity index (χ0) is 22.0. The topological polar surface area (TPSA) is 83.9 Å². The standard InChI is InChI=1S/C23H28N6OS/c1-5-7-19-26-13-17(16-9-10-25-12-14(16)2)20(28-19)18-8-6-11-29(18)22(30)21-15(3)27-23(24-4)31-21/h9-10,12-13,18H,5-8,11H2,1-4H3,(H,24,27)/t18-/m1/s1. The number of nitrogens with one attached hydrogen (secondary N) is 1. The second-order valence-electron chi connectivity index (χ2n) is 7.87. The van der Waals surface area contributed by atoms with E-state index in [1.165, 1.54) is 11.3 Å². The Morgan fingerprint density at radius 1 is 1.26 bits per heavy atom. The lowest BCUT2D eigenvalue weighted by Crippen LogP contribution is -2.31. The molecule has 4 rings (SSSR count). The molecule has 1 fully saturated rings. The molecule has 1 N–H and O–H groups in total. The quantitative estimate of drug-likeness (QED) is 0.609. The van der Waals surface area contributed by atoms with Crippen LogP contribution in [0.2, 0.25) is 0 Å². The summed E-state index contributed by atoms with van der Waals surface area (Å²) in [4.78, 5) is 34.5. The van der Waals surface area contributed by atoms with Crippen molar-refractivity contribution in [2.45, 2.75) is 52.5 Å². The molecule has 1 saturated heterocycles. The number of amides is 1. The highest BCUT2D eigenvalue weighted by atomic mass is 32.1. The van der Waals surface area contributed by atoms with Gasteiger partial charge in [0.15, 0.2) is 5.13 Å². The van der Waals surface area contributed by atoms with Crippen LogP contribution < -0.4 is 5.32 Å². The number of carbonyl (C=O) groups excluding carboxylic acids is 1. The molecule has 4 heterocycles. The van der Waals surface area contributed by atoms with Crippen molar-refractivity contribution in [2.24, 2.45) is 0 Å². The van der Waals surface area contributed by atoms with Gasteiger partial charge in [-0.05, 0) is 50.3 Å². The Labute approximate surface area is 187 Å². The van der Waals surface area contributed by atoms with E-state index in [4.69, 9.17) is 4.98 Å². The molecule has 0 unspecified atom stereocenters. The molecule has 1 aliphatic heterocycles. The lowest BCUT2D eigenvalue weighted by molar-refractivity contribution is 0.0737. The lowest BCUT2D eigenvalue weighted by Gasteiger charge is -2.26. The molecule has 0 radical (unpaired) electrons. The van der Waals surface area contributed by atoms with E-state index in [-0.39, 0.29) is 11.9 Å². The number of anilines is 1. The van der Waals surface area contributed by atoms with Crippen LogP contribution in [0.25, 0.3) is 11.1 Å². The molecule has 1 aliphatic rings. The van der Waals surface area contributed by atoms with Gasteiger partial charge in [0.2, 0.25) is 0 Å². The Bertz CT molecular complexity index is 1100. The highest BCUT2D eigenvalue weighted by Crippen LogP contribution is 2.39. The fourth-order valence-corrected chi connectivity index (χ4v) is 5.02. The zero-order valence-electron chi connectivity index (χ0n) is 18.5. The van der Waals surface area contributed by atoms with Crippen molar-refractivity contribution in [1.29, 1.82) is 0 Å². The van der Waals surface area contributed by atoms with Crippen LogP contribution in [-0.4, -0.2) is 44.3 Å². The fraction of sp³-hybridized carbons (Fsp3) is 0.435. The molecule has 7 nitrogen and oxygen atoms in total. The predicted molar refractivity (Wildman–Crippen MR) is 123 cm³/mol. The molecule has 1 amide bonds. The number of hydrogen-bond donors (Lipinski definition) is 1. The highest BCUT2D eigenvalue weighted by molar-refractivity contribution is 7.17. The predicted octanol–water partition coefficient (Wildman–Crippen LogP) is 4.58. The Balaban J connectivity index is 1.77. The summed E-state index contributed by atoms with van der Waals surface area (Å²) in [5.41, 5.74) is 4.84. The fourth-order valence-electron chi connectivity index (χ4n) is 4.14. The molecule has 1 atom stereocenters. The van der Waals surface area contributed by atoms with Gasteiger partial charge in [0, 0.05) is 44.2 Å². The van der Waals surface area contributed by atoms with Gasteiger partial charge in [-0.1, -0.05) is 18.3 Å². The Morgan fingerprint density at radius 2 is 2.10 bits per heavy atom. The minimum Gasteiger partial charge on any atom is -0.365 e. The van der Waals surface area contributed by atoms with Gasteiger partial charge in [-0.15, -0.1) is 0 Å². The third kappa shape index (κ3) is 4.17. The van der Waals surface area contributed by atoms with Gasteiger partial charge >= 0.3 is 0 Å². The smallest absolute Gasteiger partial charge is 0.266 e. The van der Waals surface area contributed by atoms with Gasteiger partial charge in [0.25, 0.3) is 5.91 Å². The van der Waals surface area contributed by atoms with Crippen LogP contribution in [-0.2, 0) is 6.42 Å². The summed E-state index contributed by atoms with van der Waals surface area (Å²) < 4.78 is 0.